The van der Waals surface area contributed by atoms with E-state index in [1.165, 1.54) is 12.2 Å². The number of aryl methyl sites for hydroxylation is 1. The molecule has 1 aliphatic carbocycles. The summed E-state index contributed by atoms with van der Waals surface area (Å²) in [5, 5.41) is 15.3. The topological polar surface area (TPSA) is 142 Å². The number of carbonyl (C=O) groups excluding carboxylic acids is 2. The van der Waals surface area contributed by atoms with Crippen molar-refractivity contribution in [3.05, 3.63) is 94.2 Å². The molecule has 0 aliphatic heterocycles. The van der Waals surface area contributed by atoms with Gasteiger partial charge in [-0.2, -0.15) is 0 Å². The zero-order valence-electron chi connectivity index (χ0n) is 29.3. The van der Waals surface area contributed by atoms with Crippen LogP contribution < -0.4 is 15.8 Å². The number of nitrogens with two attached hydrogens (primary N) is 1. The predicted molar refractivity (Wildman–Crippen MR) is 188 cm³/mol. The summed E-state index contributed by atoms with van der Waals surface area (Å²) in [5.74, 6) is -4.48. The van der Waals surface area contributed by atoms with Crippen LogP contribution in [-0.4, -0.2) is 61.7 Å². The molecule has 2 aromatic rings. The van der Waals surface area contributed by atoms with Crippen LogP contribution >= 0.6 is 0 Å². The largest absolute Gasteiger partial charge is 0.391 e. The molecule has 1 unspecified atom stereocenters. The number of benzene rings is 2. The number of primary amides is 1. The lowest BCUT2D eigenvalue weighted by Gasteiger charge is -2.45. The van der Waals surface area contributed by atoms with Gasteiger partial charge in [-0.3, -0.25) is 14.3 Å². The molecule has 0 saturated carbocycles. The number of hydrogen-bond donors (Lipinski definition) is 4. The van der Waals surface area contributed by atoms with Gasteiger partial charge in [0.25, 0.3) is 0 Å². The molecule has 0 heterocycles. The van der Waals surface area contributed by atoms with Gasteiger partial charge in [0, 0.05) is 49.4 Å². The number of hydrogen-bond acceptors (Lipinski definition) is 6. The van der Waals surface area contributed by atoms with E-state index in [2.05, 4.69) is 17.0 Å². The number of halogens is 2. The van der Waals surface area contributed by atoms with Crippen molar-refractivity contribution in [2.45, 2.75) is 79.4 Å². The second-order valence-corrected chi connectivity index (χ2v) is 15.1. The first kappa shape index (κ1) is 39.8. The first-order valence-corrected chi connectivity index (χ1v) is 18.7. The van der Waals surface area contributed by atoms with Gasteiger partial charge in [-0.15, -0.1) is 0 Å². The van der Waals surface area contributed by atoms with E-state index in [4.69, 9.17) is 5.73 Å². The van der Waals surface area contributed by atoms with Gasteiger partial charge in [-0.05, 0) is 79.0 Å². The van der Waals surface area contributed by atoms with E-state index in [9.17, 15) is 31.9 Å². The maximum Gasteiger partial charge on any atom is 0.244 e. The Hall–Kier alpha value is -3.61. The Morgan fingerprint density at radius 2 is 1.63 bits per heavy atom. The van der Waals surface area contributed by atoms with Gasteiger partial charge in [-0.25, -0.2) is 17.2 Å². The van der Waals surface area contributed by atoms with E-state index < -0.39 is 50.9 Å². The minimum atomic E-state index is -3.93. The average Bonchev–Trinajstić information content (AvgIpc) is 3.01. The molecule has 0 radical (unpaired) electrons. The molecule has 1 aliphatic rings. The summed E-state index contributed by atoms with van der Waals surface area (Å²) in [6.45, 7) is 10.5. The van der Waals surface area contributed by atoms with Crippen molar-refractivity contribution >= 4 is 21.8 Å². The number of amides is 2. The van der Waals surface area contributed by atoms with Crippen molar-refractivity contribution in [2.24, 2.45) is 23.0 Å². The normalized spacial score (nSPS) is 17.7. The minimum absolute atomic E-state index is 0.0157. The smallest absolute Gasteiger partial charge is 0.244 e. The van der Waals surface area contributed by atoms with Crippen molar-refractivity contribution in [3.63, 3.8) is 0 Å². The number of rotatable bonds is 19. The fraction of sp³-hybridized carbons (Fsp3) is 0.514. The molecule has 5 N–H and O–H groups in total. The summed E-state index contributed by atoms with van der Waals surface area (Å²) in [5.41, 5.74) is 6.35. The van der Waals surface area contributed by atoms with Gasteiger partial charge in [0.2, 0.25) is 21.8 Å². The Balaban J connectivity index is 2.22. The molecule has 0 aromatic heterocycles. The van der Waals surface area contributed by atoms with Crippen molar-refractivity contribution in [1.82, 2.24) is 14.9 Å². The zero-order valence-corrected chi connectivity index (χ0v) is 30.1. The van der Waals surface area contributed by atoms with Crippen LogP contribution in [0.15, 0.2) is 65.9 Å². The number of nitrogens with one attached hydrogen (secondary N) is 2. The molecule has 0 saturated heterocycles. The summed E-state index contributed by atoms with van der Waals surface area (Å²) in [6.07, 6.45) is 3.13. The molecule has 0 bridgehead atoms. The molecule has 270 valence electrons. The van der Waals surface area contributed by atoms with E-state index in [0.29, 0.717) is 32.5 Å². The lowest BCUT2D eigenvalue weighted by atomic mass is 9.63. The number of sulfonamides is 1. The highest BCUT2D eigenvalue weighted by Gasteiger charge is 2.51. The second-order valence-electron chi connectivity index (χ2n) is 13.4. The highest BCUT2D eigenvalue weighted by Crippen LogP contribution is 2.45. The summed E-state index contributed by atoms with van der Waals surface area (Å²) in [7, 11) is -3.93. The number of aliphatic hydroxyl groups excluding tert-OH is 1. The number of carbonyl (C=O) groups is 2. The lowest BCUT2D eigenvalue weighted by molar-refractivity contribution is -0.145. The van der Waals surface area contributed by atoms with Crippen molar-refractivity contribution in [1.29, 1.82) is 0 Å². The zero-order chi connectivity index (χ0) is 36.4. The highest BCUT2D eigenvalue weighted by atomic mass is 32.2. The van der Waals surface area contributed by atoms with E-state index in [1.54, 1.807) is 18.7 Å². The van der Waals surface area contributed by atoms with Crippen LogP contribution in [0.25, 0.3) is 0 Å². The molecular weight excluding hydrogens is 650 g/mol. The maximum atomic E-state index is 14.9. The molecule has 49 heavy (non-hydrogen) atoms. The molecule has 3 atom stereocenters. The molecule has 0 spiro atoms. The van der Waals surface area contributed by atoms with E-state index in [1.807, 2.05) is 38.1 Å². The first-order valence-electron chi connectivity index (χ1n) is 17.1. The van der Waals surface area contributed by atoms with Gasteiger partial charge >= 0.3 is 0 Å². The third-order valence-corrected chi connectivity index (χ3v) is 10.3. The number of allylic oxidation sites excluding steroid dienone is 1. The van der Waals surface area contributed by atoms with Crippen LogP contribution in [0.3, 0.4) is 0 Å². The summed E-state index contributed by atoms with van der Waals surface area (Å²) >= 11 is 0. The van der Waals surface area contributed by atoms with Crippen LogP contribution in [0.2, 0.25) is 0 Å². The van der Waals surface area contributed by atoms with Gasteiger partial charge in [0.15, 0.2) is 0 Å². The van der Waals surface area contributed by atoms with Crippen LogP contribution in [0.4, 0.5) is 8.78 Å². The van der Waals surface area contributed by atoms with E-state index in [-0.39, 0.29) is 47.9 Å². The van der Waals surface area contributed by atoms with Gasteiger partial charge < -0.3 is 21.1 Å². The molecule has 12 heteroatoms. The van der Waals surface area contributed by atoms with Crippen LogP contribution in [0.5, 0.6) is 0 Å². The summed E-state index contributed by atoms with van der Waals surface area (Å²) < 4.78 is 57.9. The second kappa shape index (κ2) is 17.9. The van der Waals surface area contributed by atoms with Gasteiger partial charge in [-0.1, -0.05) is 58.9 Å². The Labute approximate surface area is 290 Å². The van der Waals surface area contributed by atoms with E-state index >= 15 is 0 Å². The van der Waals surface area contributed by atoms with E-state index in [0.717, 1.165) is 35.7 Å². The fourth-order valence-corrected chi connectivity index (χ4v) is 8.03. The molecule has 3 rings (SSSR count). The monoisotopic (exact) mass is 702 g/mol. The highest BCUT2D eigenvalue weighted by molar-refractivity contribution is 7.89. The predicted octanol–water partition coefficient (Wildman–Crippen LogP) is 4.75. The molecule has 2 amide bonds. The Morgan fingerprint density at radius 1 is 1.00 bits per heavy atom. The van der Waals surface area contributed by atoms with Crippen LogP contribution in [0, 0.1) is 28.9 Å². The Bertz CT molecular complexity index is 1600. The first-order chi connectivity index (χ1) is 23.1. The van der Waals surface area contributed by atoms with Crippen LogP contribution in [-0.2, 0) is 39.0 Å². The Kier molecular flexibility index (Phi) is 14.5. The molecule has 2 aromatic carbocycles. The SMILES string of the molecule is CCCN(CCC)C(=O)C1([C@H](Cc2cc(F)cc(F)c2)[C@@H](O)CNCc2cccc(CC)c2)C=C(NS(=O)(=O)CC(C)C)C=C(C(N)=O)C1. The van der Waals surface area contributed by atoms with Gasteiger partial charge in [0.1, 0.15) is 11.6 Å². The third-order valence-electron chi connectivity index (χ3n) is 8.63. The maximum absolute atomic E-state index is 14.9. The van der Waals surface area contributed by atoms with Gasteiger partial charge in [0.05, 0.1) is 17.3 Å². The quantitative estimate of drug-likeness (QED) is 0.167. The molecule has 0 fully saturated rings. The van der Waals surface area contributed by atoms with Crippen molar-refractivity contribution < 1.29 is 31.9 Å². The van der Waals surface area contributed by atoms with Crippen molar-refractivity contribution in [2.75, 3.05) is 25.4 Å². The summed E-state index contributed by atoms with van der Waals surface area (Å²) in [6, 6.07) is 11.0. The Morgan fingerprint density at radius 3 is 2.20 bits per heavy atom. The molecule has 9 nitrogen and oxygen atoms in total. The number of nitrogens with zero attached hydrogens (tertiary/aromatic N) is 1. The lowest BCUT2D eigenvalue weighted by Crippen LogP contribution is -2.54. The molecular formula is C37H52F2N4O5S. The van der Waals surface area contributed by atoms with Crippen molar-refractivity contribution in [3.8, 4) is 0 Å². The third kappa shape index (κ3) is 11.2. The van der Waals surface area contributed by atoms with Crippen LogP contribution in [0.1, 0.15) is 70.6 Å². The standard InChI is InChI=1S/C37H52F2N4O5S/c1-6-12-43(13-7-2)36(46)37(20-29(35(40)45)18-32(21-37)42-49(47,48)24-25(4)5)33(17-28-15-30(38)19-31(39)16-28)34(44)23-41-22-27-11-9-10-26(8-3)14-27/h9-11,14-16,18-19,21,25,33-34,41-42,44H,6-8,12-13,17,20,22-24H2,1-5H3,(H2,40,45)/t33-,34+,37?/m1/s1. The fourth-order valence-electron chi connectivity index (χ4n) is 6.59. The number of aliphatic hydroxyl groups is 1. The summed E-state index contributed by atoms with van der Waals surface area (Å²) in [4.78, 5) is 29.4. The minimum Gasteiger partial charge on any atom is -0.391 e. The average molecular weight is 703 g/mol.